The molecule has 1 heterocycles. The number of nitrogens with zero attached hydrogens (tertiary/aromatic N) is 1. The van der Waals surface area contributed by atoms with Crippen LogP contribution in [0.2, 0.25) is 18.1 Å². The van der Waals surface area contributed by atoms with Crippen LogP contribution in [-0.4, -0.2) is 13.1 Å². The van der Waals surface area contributed by atoms with E-state index in [1.54, 1.807) is 0 Å². The van der Waals surface area contributed by atoms with Gasteiger partial charge in [0.2, 0.25) is 0 Å². The normalized spacial score (nSPS) is 14.7. The fraction of sp³-hybridized carbons (Fsp3) is 0.643. The minimum atomic E-state index is -1.48. The van der Waals surface area contributed by atoms with E-state index in [9.17, 15) is 4.39 Å². The number of pyridine rings is 1. The second-order valence-corrected chi connectivity index (χ2v) is 12.4. The Hall–Kier alpha value is -0.743. The summed E-state index contributed by atoms with van der Waals surface area (Å²) in [6, 6.07) is 2.29. The summed E-state index contributed by atoms with van der Waals surface area (Å²) in [4.78, 5) is 4.28. The zero-order chi connectivity index (χ0) is 14.1. The lowest BCUT2D eigenvalue weighted by atomic mass is 10.1. The molecule has 0 aliphatic rings. The monoisotopic (exact) mass is 268 g/mol. The standard InChI is InChI=1S/C14H25FN2Si/c1-10(16)12-7-11(15)8-17-13(12)9-18(5,6)14(2,3)4/h7-8,10H,9,16H2,1-6H3. The van der Waals surface area contributed by atoms with Crippen molar-refractivity contribution in [1.29, 1.82) is 0 Å². The summed E-state index contributed by atoms with van der Waals surface area (Å²) >= 11 is 0. The van der Waals surface area contributed by atoms with Gasteiger partial charge in [0.25, 0.3) is 0 Å². The molecule has 0 bridgehead atoms. The van der Waals surface area contributed by atoms with Crippen LogP contribution in [0.5, 0.6) is 0 Å². The predicted octanol–water partition coefficient (Wildman–Crippen LogP) is 3.83. The molecule has 2 nitrogen and oxygen atoms in total. The van der Waals surface area contributed by atoms with Crippen LogP contribution in [0.1, 0.15) is 45.0 Å². The number of nitrogens with two attached hydrogens (primary N) is 1. The molecule has 0 aromatic carbocycles. The van der Waals surface area contributed by atoms with E-state index in [2.05, 4.69) is 38.8 Å². The molecule has 1 unspecified atom stereocenters. The van der Waals surface area contributed by atoms with Gasteiger partial charge in [0.15, 0.2) is 0 Å². The predicted molar refractivity (Wildman–Crippen MR) is 77.7 cm³/mol. The Morgan fingerprint density at radius 1 is 1.39 bits per heavy atom. The highest BCUT2D eigenvalue weighted by Crippen LogP contribution is 2.38. The average molecular weight is 268 g/mol. The van der Waals surface area contributed by atoms with E-state index in [1.807, 2.05) is 6.92 Å². The summed E-state index contributed by atoms with van der Waals surface area (Å²) in [6.07, 6.45) is 1.30. The first kappa shape index (κ1) is 15.3. The highest BCUT2D eigenvalue weighted by Gasteiger charge is 2.36. The van der Waals surface area contributed by atoms with E-state index in [0.717, 1.165) is 17.3 Å². The molecule has 2 N–H and O–H groups in total. The Morgan fingerprint density at radius 2 is 1.94 bits per heavy atom. The van der Waals surface area contributed by atoms with Crippen LogP contribution in [0, 0.1) is 5.82 Å². The van der Waals surface area contributed by atoms with Crippen molar-refractivity contribution < 1.29 is 4.39 Å². The molecule has 1 atom stereocenters. The maximum absolute atomic E-state index is 13.3. The Morgan fingerprint density at radius 3 is 2.39 bits per heavy atom. The van der Waals surface area contributed by atoms with Crippen molar-refractivity contribution in [3.8, 4) is 0 Å². The number of halogens is 1. The van der Waals surface area contributed by atoms with Gasteiger partial charge in [0.1, 0.15) is 5.82 Å². The summed E-state index contributed by atoms with van der Waals surface area (Å²) in [5.74, 6) is -0.304. The first-order chi connectivity index (χ1) is 8.04. The topological polar surface area (TPSA) is 38.9 Å². The zero-order valence-corrected chi connectivity index (χ0v) is 13.3. The molecule has 1 aromatic rings. The number of aromatic nitrogens is 1. The van der Waals surface area contributed by atoms with Gasteiger partial charge in [-0.1, -0.05) is 33.9 Å². The van der Waals surface area contributed by atoms with Crippen molar-refractivity contribution in [2.24, 2.45) is 5.73 Å². The van der Waals surface area contributed by atoms with Crippen molar-refractivity contribution >= 4 is 8.07 Å². The van der Waals surface area contributed by atoms with Gasteiger partial charge in [-0.2, -0.15) is 0 Å². The quantitative estimate of drug-likeness (QED) is 0.846. The molecule has 0 saturated carbocycles. The second kappa shape index (κ2) is 5.09. The molecule has 0 radical (unpaired) electrons. The maximum Gasteiger partial charge on any atom is 0.141 e. The van der Waals surface area contributed by atoms with Crippen LogP contribution in [0.3, 0.4) is 0 Å². The van der Waals surface area contributed by atoms with Crippen LogP contribution in [-0.2, 0) is 6.04 Å². The largest absolute Gasteiger partial charge is 0.324 e. The molecular weight excluding hydrogens is 243 g/mol. The minimum absolute atomic E-state index is 0.173. The van der Waals surface area contributed by atoms with Crippen molar-refractivity contribution in [2.75, 3.05) is 0 Å². The molecule has 0 fully saturated rings. The molecule has 0 saturated heterocycles. The Kier molecular flexibility index (Phi) is 4.33. The van der Waals surface area contributed by atoms with Crippen LogP contribution in [0.25, 0.3) is 0 Å². The van der Waals surface area contributed by atoms with Gasteiger partial charge >= 0.3 is 0 Å². The number of hydrogen-bond donors (Lipinski definition) is 1. The smallest absolute Gasteiger partial charge is 0.141 e. The summed E-state index contributed by atoms with van der Waals surface area (Å²) in [6.45, 7) is 13.4. The van der Waals surface area contributed by atoms with Crippen molar-refractivity contribution in [3.05, 3.63) is 29.3 Å². The van der Waals surface area contributed by atoms with Gasteiger partial charge in [-0.25, -0.2) is 4.39 Å². The first-order valence-corrected chi connectivity index (χ1v) is 9.65. The second-order valence-electron chi connectivity index (χ2n) is 6.79. The van der Waals surface area contributed by atoms with Crippen LogP contribution >= 0.6 is 0 Å². The van der Waals surface area contributed by atoms with Crippen LogP contribution in [0.4, 0.5) is 4.39 Å². The highest BCUT2D eigenvalue weighted by atomic mass is 28.3. The molecule has 0 aliphatic carbocycles. The van der Waals surface area contributed by atoms with Crippen LogP contribution < -0.4 is 5.73 Å². The fourth-order valence-corrected chi connectivity index (χ4v) is 3.37. The Bertz CT molecular complexity index is 422. The van der Waals surface area contributed by atoms with Gasteiger partial charge in [0, 0.05) is 11.7 Å². The summed E-state index contributed by atoms with van der Waals surface area (Å²) in [5.41, 5.74) is 7.74. The van der Waals surface area contributed by atoms with Crippen molar-refractivity contribution in [1.82, 2.24) is 4.98 Å². The van der Waals surface area contributed by atoms with Gasteiger partial charge in [0.05, 0.1) is 14.3 Å². The number of hydrogen-bond acceptors (Lipinski definition) is 2. The molecule has 102 valence electrons. The first-order valence-electron chi connectivity index (χ1n) is 6.44. The third kappa shape index (κ3) is 3.39. The Labute approximate surface area is 111 Å². The molecule has 0 spiro atoms. The van der Waals surface area contributed by atoms with E-state index in [1.165, 1.54) is 12.3 Å². The SMILES string of the molecule is CC(N)c1cc(F)cnc1C[Si](C)(C)C(C)(C)C. The summed E-state index contributed by atoms with van der Waals surface area (Å²) in [5, 5.41) is 0.290. The highest BCUT2D eigenvalue weighted by molar-refractivity contribution is 6.79. The number of rotatable bonds is 3. The van der Waals surface area contributed by atoms with E-state index < -0.39 is 8.07 Å². The van der Waals surface area contributed by atoms with Crippen LogP contribution in [0.15, 0.2) is 12.3 Å². The lowest BCUT2D eigenvalue weighted by molar-refractivity contribution is 0.611. The molecule has 0 aliphatic heterocycles. The molecular formula is C14H25FN2Si. The Balaban J connectivity index is 3.12. The van der Waals surface area contributed by atoms with E-state index >= 15 is 0 Å². The van der Waals surface area contributed by atoms with Crippen molar-refractivity contribution in [3.63, 3.8) is 0 Å². The molecule has 1 rings (SSSR count). The lowest BCUT2D eigenvalue weighted by Gasteiger charge is -2.37. The zero-order valence-electron chi connectivity index (χ0n) is 12.3. The molecule has 1 aromatic heterocycles. The fourth-order valence-electron chi connectivity index (χ4n) is 1.71. The third-order valence-corrected chi connectivity index (χ3v) is 9.38. The summed E-state index contributed by atoms with van der Waals surface area (Å²) < 4.78 is 13.3. The molecule has 18 heavy (non-hydrogen) atoms. The third-order valence-electron chi connectivity index (χ3n) is 4.10. The minimum Gasteiger partial charge on any atom is -0.324 e. The summed E-state index contributed by atoms with van der Waals surface area (Å²) in [7, 11) is -1.48. The van der Waals surface area contributed by atoms with E-state index in [0.29, 0.717) is 0 Å². The molecule has 0 amide bonds. The van der Waals surface area contributed by atoms with Gasteiger partial charge in [-0.05, 0) is 29.6 Å². The van der Waals surface area contributed by atoms with Gasteiger partial charge < -0.3 is 5.73 Å². The molecule has 4 heteroatoms. The van der Waals surface area contributed by atoms with Gasteiger partial charge in [-0.3, -0.25) is 4.98 Å². The lowest BCUT2D eigenvalue weighted by Crippen LogP contribution is -2.40. The average Bonchev–Trinajstić information content (AvgIpc) is 2.18. The van der Waals surface area contributed by atoms with Gasteiger partial charge in [-0.15, -0.1) is 0 Å². The van der Waals surface area contributed by atoms with E-state index in [4.69, 9.17) is 5.73 Å². The maximum atomic E-state index is 13.3. The van der Waals surface area contributed by atoms with E-state index in [-0.39, 0.29) is 16.9 Å². The van der Waals surface area contributed by atoms with Crippen molar-refractivity contribution in [2.45, 2.75) is 57.9 Å².